The van der Waals surface area contributed by atoms with Crippen molar-refractivity contribution in [2.45, 2.75) is 65.2 Å². The van der Waals surface area contributed by atoms with Gasteiger partial charge in [-0.3, -0.25) is 4.79 Å². The maximum Gasteiger partial charge on any atom is 0.182 e. The first-order chi connectivity index (χ1) is 21.0. The van der Waals surface area contributed by atoms with Crippen LogP contribution in [-0.4, -0.2) is 33.1 Å². The van der Waals surface area contributed by atoms with Gasteiger partial charge in [0, 0.05) is 24.2 Å². The highest BCUT2D eigenvalue weighted by atomic mass is 32.2. The largest absolute Gasteiger partial charge is 0.299 e. The van der Waals surface area contributed by atoms with E-state index in [0.29, 0.717) is 0 Å². The fraction of sp³-hybridized carbons (Fsp3) is 0.306. The SMILES string of the molecule is Cc1ccc([C@@H]2C[C@@H]3C(S(=O)(=O)c4ccc(C)cc4)[C@H](c4ccccc4F)CC(=O)[C@@H]3CC2S(=O)(=O)c2ccccc2)cc1. The molecule has 5 nitrogen and oxygen atoms in total. The lowest BCUT2D eigenvalue weighted by Crippen LogP contribution is -2.53. The number of hydrogen-bond donors (Lipinski definition) is 0. The van der Waals surface area contributed by atoms with Crippen molar-refractivity contribution in [1.29, 1.82) is 0 Å². The Morgan fingerprint density at radius 2 is 1.18 bits per heavy atom. The van der Waals surface area contributed by atoms with Gasteiger partial charge in [0.2, 0.25) is 0 Å². The Balaban J connectivity index is 1.52. The number of carbonyl (C=O) groups excluding carboxylic acids is 1. The molecule has 6 rings (SSSR count). The summed E-state index contributed by atoms with van der Waals surface area (Å²) in [4.78, 5) is 14.3. The van der Waals surface area contributed by atoms with Gasteiger partial charge in [0.05, 0.1) is 20.3 Å². The van der Waals surface area contributed by atoms with Crippen LogP contribution in [0.5, 0.6) is 0 Å². The van der Waals surface area contributed by atoms with E-state index in [1.165, 1.54) is 6.07 Å². The number of Topliss-reactive ketones (excluding diaryl/α,β-unsaturated/α-hetero) is 1. The van der Waals surface area contributed by atoms with Gasteiger partial charge < -0.3 is 0 Å². The van der Waals surface area contributed by atoms with Gasteiger partial charge in [0.1, 0.15) is 11.6 Å². The van der Waals surface area contributed by atoms with Crippen LogP contribution in [0.4, 0.5) is 4.39 Å². The van der Waals surface area contributed by atoms with Crippen molar-refractivity contribution in [2.75, 3.05) is 0 Å². The zero-order valence-electron chi connectivity index (χ0n) is 24.6. The molecule has 2 saturated carbocycles. The maximum atomic E-state index is 15.3. The minimum absolute atomic E-state index is 0.00316. The summed E-state index contributed by atoms with van der Waals surface area (Å²) in [5.74, 6) is -3.74. The molecule has 4 aromatic carbocycles. The maximum absolute atomic E-state index is 15.3. The third-order valence-electron chi connectivity index (χ3n) is 9.62. The minimum atomic E-state index is -4.07. The first-order valence-corrected chi connectivity index (χ1v) is 18.0. The molecule has 4 aromatic rings. The summed E-state index contributed by atoms with van der Waals surface area (Å²) < 4.78 is 72.9. The molecule has 0 heterocycles. The summed E-state index contributed by atoms with van der Waals surface area (Å²) in [5.41, 5.74) is 2.89. The van der Waals surface area contributed by atoms with Gasteiger partial charge >= 0.3 is 0 Å². The minimum Gasteiger partial charge on any atom is -0.299 e. The highest BCUT2D eigenvalue weighted by molar-refractivity contribution is 7.92. The number of sulfone groups is 2. The summed E-state index contributed by atoms with van der Waals surface area (Å²) >= 11 is 0. The van der Waals surface area contributed by atoms with E-state index in [-0.39, 0.29) is 40.4 Å². The number of rotatable bonds is 6. The van der Waals surface area contributed by atoms with E-state index in [1.54, 1.807) is 72.8 Å². The number of benzene rings is 4. The molecule has 0 N–H and O–H groups in total. The zero-order chi connectivity index (χ0) is 31.2. The third-order valence-corrected chi connectivity index (χ3v) is 14.2. The van der Waals surface area contributed by atoms with E-state index in [4.69, 9.17) is 0 Å². The molecule has 0 spiro atoms. The van der Waals surface area contributed by atoms with E-state index in [1.807, 2.05) is 38.1 Å². The van der Waals surface area contributed by atoms with Crippen molar-refractivity contribution >= 4 is 25.5 Å². The zero-order valence-corrected chi connectivity index (χ0v) is 26.3. The van der Waals surface area contributed by atoms with E-state index in [2.05, 4.69) is 0 Å². The van der Waals surface area contributed by atoms with Crippen LogP contribution in [0.1, 0.15) is 53.4 Å². The summed E-state index contributed by atoms with van der Waals surface area (Å²) in [6, 6.07) is 28.5. The normalized spacial score (nSPS) is 25.8. The van der Waals surface area contributed by atoms with Gasteiger partial charge in [-0.05, 0) is 74.1 Å². The molecule has 0 aromatic heterocycles. The lowest BCUT2D eigenvalue weighted by Gasteiger charge is -2.48. The number of ketones is 1. The predicted octanol–water partition coefficient (Wildman–Crippen LogP) is 6.99. The first kappa shape index (κ1) is 30.4. The molecule has 6 atom stereocenters. The van der Waals surface area contributed by atoms with Crippen LogP contribution in [0.25, 0.3) is 0 Å². The van der Waals surface area contributed by atoms with Gasteiger partial charge in [-0.25, -0.2) is 21.2 Å². The Morgan fingerprint density at radius 1 is 0.614 bits per heavy atom. The summed E-state index contributed by atoms with van der Waals surface area (Å²) in [6.45, 7) is 3.82. The third kappa shape index (κ3) is 5.43. The Kier molecular flexibility index (Phi) is 8.09. The molecule has 0 aliphatic heterocycles. The average molecular weight is 631 g/mol. The van der Waals surface area contributed by atoms with Crippen LogP contribution in [-0.2, 0) is 24.5 Å². The lowest BCUT2D eigenvalue weighted by molar-refractivity contribution is -0.128. The number of carbonyl (C=O) groups is 1. The van der Waals surface area contributed by atoms with E-state index in [9.17, 15) is 21.6 Å². The monoisotopic (exact) mass is 630 g/mol. The van der Waals surface area contributed by atoms with E-state index >= 15 is 4.39 Å². The molecule has 0 amide bonds. The Labute approximate surface area is 259 Å². The molecular weight excluding hydrogens is 596 g/mol. The standard InChI is InChI=1S/C36H35FO5S2/c1-23-12-16-25(17-13-23)29-20-31-30(22-35(29)43(39,40)26-8-4-3-5-9-26)34(38)21-32(28-10-6-7-11-33(28)37)36(31)44(41,42)27-18-14-24(2)15-19-27/h3-19,29-32,35-36H,20-22H2,1-2H3/t29-,30+,31-,32-,35?,36?/m0/s1. The van der Waals surface area contributed by atoms with Crippen molar-refractivity contribution in [3.8, 4) is 0 Å². The first-order valence-electron chi connectivity index (χ1n) is 14.9. The number of aryl methyl sites for hydroxylation is 2. The second-order valence-corrected chi connectivity index (χ2v) is 16.5. The van der Waals surface area contributed by atoms with Gasteiger partial charge in [0.25, 0.3) is 0 Å². The fourth-order valence-corrected chi connectivity index (χ4v) is 11.7. The molecule has 2 fully saturated rings. The van der Waals surface area contributed by atoms with Crippen LogP contribution in [0.3, 0.4) is 0 Å². The lowest BCUT2D eigenvalue weighted by atomic mass is 9.61. The molecule has 0 radical (unpaired) electrons. The number of hydrogen-bond acceptors (Lipinski definition) is 5. The second kappa shape index (κ2) is 11.7. The van der Waals surface area contributed by atoms with Gasteiger partial charge in [-0.15, -0.1) is 0 Å². The molecule has 2 aliphatic carbocycles. The van der Waals surface area contributed by atoms with Crippen molar-refractivity contribution in [3.63, 3.8) is 0 Å². The fourth-order valence-electron chi connectivity index (χ4n) is 7.40. The van der Waals surface area contributed by atoms with Gasteiger partial charge in [-0.1, -0.05) is 83.9 Å². The van der Waals surface area contributed by atoms with Crippen LogP contribution < -0.4 is 0 Å². The van der Waals surface area contributed by atoms with Gasteiger partial charge in [-0.2, -0.15) is 0 Å². The number of fused-ring (bicyclic) bond motifs is 1. The van der Waals surface area contributed by atoms with Crippen LogP contribution in [0.15, 0.2) is 113 Å². The molecule has 228 valence electrons. The smallest absolute Gasteiger partial charge is 0.182 e. The molecular formula is C36H35FO5S2. The molecule has 0 bridgehead atoms. The Bertz CT molecular complexity index is 1890. The molecule has 2 aliphatic rings. The van der Waals surface area contributed by atoms with E-state index < -0.39 is 59.7 Å². The van der Waals surface area contributed by atoms with E-state index in [0.717, 1.165) is 16.7 Å². The number of halogens is 1. The van der Waals surface area contributed by atoms with Crippen molar-refractivity contribution in [2.24, 2.45) is 11.8 Å². The topological polar surface area (TPSA) is 85.3 Å². The van der Waals surface area contributed by atoms with Crippen LogP contribution in [0, 0.1) is 31.5 Å². The summed E-state index contributed by atoms with van der Waals surface area (Å²) in [6.07, 6.45) is -0.00868. The Morgan fingerprint density at radius 3 is 1.82 bits per heavy atom. The molecule has 0 saturated heterocycles. The second-order valence-electron chi connectivity index (χ2n) is 12.3. The van der Waals surface area contributed by atoms with Crippen molar-refractivity contribution in [3.05, 3.63) is 131 Å². The van der Waals surface area contributed by atoms with Crippen LogP contribution in [0.2, 0.25) is 0 Å². The Hall–Kier alpha value is -3.62. The van der Waals surface area contributed by atoms with Crippen LogP contribution >= 0.6 is 0 Å². The highest BCUT2D eigenvalue weighted by Crippen LogP contribution is 2.54. The quantitative estimate of drug-likeness (QED) is 0.229. The summed E-state index contributed by atoms with van der Waals surface area (Å²) in [7, 11) is -7.96. The van der Waals surface area contributed by atoms with Crippen molar-refractivity contribution in [1.82, 2.24) is 0 Å². The summed E-state index contributed by atoms with van der Waals surface area (Å²) in [5, 5.41) is -2.04. The molecule has 2 unspecified atom stereocenters. The van der Waals surface area contributed by atoms with Crippen molar-refractivity contribution < 1.29 is 26.0 Å². The van der Waals surface area contributed by atoms with Gasteiger partial charge in [0.15, 0.2) is 19.7 Å². The average Bonchev–Trinajstić information content (AvgIpc) is 3.01. The predicted molar refractivity (Wildman–Crippen MR) is 168 cm³/mol. The highest BCUT2D eigenvalue weighted by Gasteiger charge is 2.56. The molecule has 8 heteroatoms. The molecule has 44 heavy (non-hydrogen) atoms.